The first-order valence-electron chi connectivity index (χ1n) is 10.3. The molecule has 7 nitrogen and oxygen atoms in total. The summed E-state index contributed by atoms with van der Waals surface area (Å²) in [7, 11) is 1.63. The van der Waals surface area contributed by atoms with E-state index < -0.39 is 0 Å². The van der Waals surface area contributed by atoms with Gasteiger partial charge in [0.1, 0.15) is 5.75 Å². The zero-order chi connectivity index (χ0) is 20.8. The smallest absolute Gasteiger partial charge is 0.324 e. The van der Waals surface area contributed by atoms with Gasteiger partial charge in [0, 0.05) is 25.2 Å². The van der Waals surface area contributed by atoms with Gasteiger partial charge in [-0.2, -0.15) is 4.98 Å². The fraction of sp³-hybridized carbons (Fsp3) is 0.348. The molecule has 0 aliphatic carbocycles. The number of aromatic nitrogens is 2. The highest BCUT2D eigenvalue weighted by molar-refractivity contribution is 5.79. The van der Waals surface area contributed by atoms with Gasteiger partial charge in [0.25, 0.3) is 0 Å². The molecule has 1 aliphatic heterocycles. The van der Waals surface area contributed by atoms with Crippen LogP contribution in [0.2, 0.25) is 0 Å². The minimum absolute atomic E-state index is 0.0779. The molecular formula is C23H26N4O3. The second-order valence-electron chi connectivity index (χ2n) is 7.44. The summed E-state index contributed by atoms with van der Waals surface area (Å²) in [6.45, 7) is 2.03. The number of hydrogen-bond donors (Lipinski definition) is 1. The predicted molar refractivity (Wildman–Crippen MR) is 114 cm³/mol. The van der Waals surface area contributed by atoms with Crippen LogP contribution in [0.1, 0.15) is 18.4 Å². The number of piperidine rings is 1. The number of amides is 1. The zero-order valence-corrected chi connectivity index (χ0v) is 17.1. The molecule has 1 atom stereocenters. The topological polar surface area (TPSA) is 80.5 Å². The number of anilines is 1. The van der Waals surface area contributed by atoms with E-state index in [9.17, 15) is 4.79 Å². The standard InChI is InChI=1S/C23H26N4O3/c1-29-20-11-9-18(10-12-20)21-25-23(30-26-21)27-15-5-8-19(16-27)22(28)24-14-13-17-6-3-2-4-7-17/h2-4,6-7,9-12,19H,5,8,13-16H2,1H3,(H,24,28)/t19-/m1/s1. The van der Waals surface area contributed by atoms with E-state index in [1.54, 1.807) is 7.11 Å². The summed E-state index contributed by atoms with van der Waals surface area (Å²) in [6.07, 6.45) is 2.61. The lowest BCUT2D eigenvalue weighted by molar-refractivity contribution is -0.125. The van der Waals surface area contributed by atoms with Crippen molar-refractivity contribution in [2.24, 2.45) is 5.92 Å². The average Bonchev–Trinajstić information content (AvgIpc) is 3.30. The molecule has 7 heteroatoms. The van der Waals surface area contributed by atoms with Crippen LogP contribution in [0.4, 0.5) is 6.01 Å². The van der Waals surface area contributed by atoms with Crippen LogP contribution >= 0.6 is 0 Å². The number of ether oxygens (including phenoxy) is 1. The first-order valence-corrected chi connectivity index (χ1v) is 10.3. The molecule has 1 amide bonds. The Labute approximate surface area is 176 Å². The number of carbonyl (C=O) groups excluding carboxylic acids is 1. The van der Waals surface area contributed by atoms with Crippen molar-refractivity contribution >= 4 is 11.9 Å². The summed E-state index contributed by atoms with van der Waals surface area (Å²) in [6, 6.07) is 18.2. The molecule has 1 aromatic heterocycles. The van der Waals surface area contributed by atoms with Crippen molar-refractivity contribution in [1.29, 1.82) is 0 Å². The summed E-state index contributed by atoms with van der Waals surface area (Å²) >= 11 is 0. The molecule has 0 unspecified atom stereocenters. The Morgan fingerprint density at radius 3 is 2.77 bits per heavy atom. The third-order valence-electron chi connectivity index (χ3n) is 5.38. The van der Waals surface area contributed by atoms with Crippen LogP contribution in [-0.4, -0.2) is 42.8 Å². The SMILES string of the molecule is COc1ccc(-c2noc(N3CCC[C@@H](C(=O)NCCc4ccccc4)C3)n2)cc1. The van der Waals surface area contributed by atoms with Gasteiger partial charge in [-0.25, -0.2) is 0 Å². The van der Waals surface area contributed by atoms with Crippen LogP contribution < -0.4 is 15.0 Å². The third-order valence-corrected chi connectivity index (χ3v) is 5.38. The third kappa shape index (κ3) is 4.79. The van der Waals surface area contributed by atoms with Crippen molar-refractivity contribution in [2.45, 2.75) is 19.3 Å². The molecular weight excluding hydrogens is 380 g/mol. The van der Waals surface area contributed by atoms with Gasteiger partial charge in [-0.05, 0) is 49.1 Å². The molecule has 1 aliphatic rings. The van der Waals surface area contributed by atoms with Crippen LogP contribution in [0, 0.1) is 5.92 Å². The largest absolute Gasteiger partial charge is 0.497 e. The lowest BCUT2D eigenvalue weighted by atomic mass is 9.97. The number of nitrogens with one attached hydrogen (secondary N) is 1. The molecule has 156 valence electrons. The van der Waals surface area contributed by atoms with E-state index in [0.29, 0.717) is 24.9 Å². The van der Waals surface area contributed by atoms with Crippen molar-refractivity contribution in [1.82, 2.24) is 15.5 Å². The van der Waals surface area contributed by atoms with E-state index in [1.807, 2.05) is 47.4 Å². The summed E-state index contributed by atoms with van der Waals surface area (Å²) in [5.41, 5.74) is 2.08. The molecule has 4 rings (SSSR count). The molecule has 30 heavy (non-hydrogen) atoms. The first kappa shape index (κ1) is 19.9. The number of carbonyl (C=O) groups is 1. The van der Waals surface area contributed by atoms with Gasteiger partial charge < -0.3 is 19.5 Å². The maximum atomic E-state index is 12.6. The van der Waals surface area contributed by atoms with E-state index in [0.717, 1.165) is 37.1 Å². The molecule has 1 fully saturated rings. The van der Waals surface area contributed by atoms with Crippen molar-refractivity contribution in [3.05, 3.63) is 60.2 Å². The Kier molecular flexibility index (Phi) is 6.27. The summed E-state index contributed by atoms with van der Waals surface area (Å²) < 4.78 is 10.7. The van der Waals surface area contributed by atoms with Gasteiger partial charge in [0.15, 0.2) is 0 Å². The van der Waals surface area contributed by atoms with E-state index in [2.05, 4.69) is 27.6 Å². The predicted octanol–water partition coefficient (Wildman–Crippen LogP) is 3.32. The maximum Gasteiger partial charge on any atom is 0.324 e. The van der Waals surface area contributed by atoms with Crippen molar-refractivity contribution in [3.63, 3.8) is 0 Å². The summed E-state index contributed by atoms with van der Waals surface area (Å²) in [5, 5.41) is 7.17. The highest BCUT2D eigenvalue weighted by Gasteiger charge is 2.28. The Morgan fingerprint density at radius 1 is 1.20 bits per heavy atom. The number of nitrogens with zero attached hydrogens (tertiary/aromatic N) is 3. The van der Waals surface area contributed by atoms with Crippen LogP contribution in [0.15, 0.2) is 59.1 Å². The van der Waals surface area contributed by atoms with E-state index in [-0.39, 0.29) is 11.8 Å². The van der Waals surface area contributed by atoms with Gasteiger partial charge in [0.05, 0.1) is 13.0 Å². The van der Waals surface area contributed by atoms with Crippen molar-refractivity contribution in [2.75, 3.05) is 31.6 Å². The minimum Gasteiger partial charge on any atom is -0.497 e. The van der Waals surface area contributed by atoms with Gasteiger partial charge >= 0.3 is 6.01 Å². The van der Waals surface area contributed by atoms with Gasteiger partial charge in [-0.15, -0.1) is 0 Å². The fourth-order valence-electron chi connectivity index (χ4n) is 3.69. The molecule has 1 saturated heterocycles. The van der Waals surface area contributed by atoms with Crippen LogP contribution in [0.25, 0.3) is 11.4 Å². The Morgan fingerprint density at radius 2 is 2.00 bits per heavy atom. The molecule has 0 bridgehead atoms. The van der Waals surface area contributed by atoms with Crippen LogP contribution in [0.5, 0.6) is 5.75 Å². The molecule has 2 heterocycles. The second kappa shape index (κ2) is 9.43. The van der Waals surface area contributed by atoms with Crippen LogP contribution in [0.3, 0.4) is 0 Å². The summed E-state index contributed by atoms with van der Waals surface area (Å²) in [4.78, 5) is 19.2. The Bertz CT molecular complexity index is 956. The number of methoxy groups -OCH3 is 1. The molecule has 2 aromatic carbocycles. The molecule has 0 saturated carbocycles. The number of hydrogen-bond acceptors (Lipinski definition) is 6. The highest BCUT2D eigenvalue weighted by atomic mass is 16.5. The molecule has 0 spiro atoms. The molecule has 1 N–H and O–H groups in total. The molecule has 0 radical (unpaired) electrons. The maximum absolute atomic E-state index is 12.6. The van der Waals surface area contributed by atoms with E-state index in [4.69, 9.17) is 9.26 Å². The lowest BCUT2D eigenvalue weighted by Gasteiger charge is -2.30. The van der Waals surface area contributed by atoms with Crippen LogP contribution in [-0.2, 0) is 11.2 Å². The van der Waals surface area contributed by atoms with Gasteiger partial charge in [-0.1, -0.05) is 35.5 Å². The zero-order valence-electron chi connectivity index (χ0n) is 17.1. The van der Waals surface area contributed by atoms with E-state index in [1.165, 1.54) is 5.56 Å². The van der Waals surface area contributed by atoms with Crippen molar-refractivity contribution < 1.29 is 14.1 Å². The quantitative estimate of drug-likeness (QED) is 0.648. The minimum atomic E-state index is -0.0779. The molecule has 3 aromatic rings. The Balaban J connectivity index is 1.33. The lowest BCUT2D eigenvalue weighted by Crippen LogP contribution is -2.43. The second-order valence-corrected chi connectivity index (χ2v) is 7.44. The van der Waals surface area contributed by atoms with E-state index >= 15 is 0 Å². The number of rotatable bonds is 7. The Hall–Kier alpha value is -3.35. The summed E-state index contributed by atoms with van der Waals surface area (Å²) in [5.74, 6) is 1.32. The first-order chi connectivity index (χ1) is 14.7. The van der Waals surface area contributed by atoms with Gasteiger partial charge in [-0.3, -0.25) is 4.79 Å². The fourth-order valence-corrected chi connectivity index (χ4v) is 3.69. The average molecular weight is 406 g/mol. The van der Waals surface area contributed by atoms with Gasteiger partial charge in [0.2, 0.25) is 11.7 Å². The number of benzene rings is 2. The highest BCUT2D eigenvalue weighted by Crippen LogP contribution is 2.25. The van der Waals surface area contributed by atoms with Crippen molar-refractivity contribution in [3.8, 4) is 17.1 Å². The monoisotopic (exact) mass is 406 g/mol. The normalized spacial score (nSPS) is 16.3.